The van der Waals surface area contributed by atoms with Crippen molar-refractivity contribution in [2.45, 2.75) is 19.8 Å². The number of hydrogen-bond acceptors (Lipinski definition) is 6. The molecule has 0 bridgehead atoms. The summed E-state index contributed by atoms with van der Waals surface area (Å²) in [7, 11) is 2.75. The second kappa shape index (κ2) is 9.15. The summed E-state index contributed by atoms with van der Waals surface area (Å²) in [5.74, 6) is -0.125. The Kier molecular flexibility index (Phi) is 7.23. The molecule has 0 saturated heterocycles. The molecule has 8 nitrogen and oxygen atoms in total. The molecule has 1 aromatic rings. The molecule has 0 spiro atoms. The molecule has 1 aromatic carbocycles. The SMILES string of the molecule is CCCCNC(=O)C(C#N)=Cc1cc(OC)c(OC)cc1[N+](=O)[O-]. The number of nitriles is 1. The van der Waals surface area contributed by atoms with E-state index in [2.05, 4.69) is 5.32 Å². The molecule has 0 heterocycles. The van der Waals surface area contributed by atoms with Gasteiger partial charge in [-0.3, -0.25) is 14.9 Å². The van der Waals surface area contributed by atoms with Crippen molar-refractivity contribution in [1.82, 2.24) is 5.32 Å². The lowest BCUT2D eigenvalue weighted by atomic mass is 10.1. The second-order valence-electron chi connectivity index (χ2n) is 4.80. The molecule has 1 N–H and O–H groups in total. The summed E-state index contributed by atoms with van der Waals surface area (Å²) in [5, 5.41) is 23.0. The van der Waals surface area contributed by atoms with Gasteiger partial charge in [0.15, 0.2) is 11.5 Å². The molecule has 0 aliphatic heterocycles. The molecule has 24 heavy (non-hydrogen) atoms. The van der Waals surface area contributed by atoms with Crippen LogP contribution in [0, 0.1) is 21.4 Å². The van der Waals surface area contributed by atoms with E-state index >= 15 is 0 Å². The van der Waals surface area contributed by atoms with E-state index in [4.69, 9.17) is 14.7 Å². The molecule has 0 atom stereocenters. The quantitative estimate of drug-likeness (QED) is 0.257. The number of ether oxygens (including phenoxy) is 2. The predicted molar refractivity (Wildman–Crippen MR) is 87.7 cm³/mol. The van der Waals surface area contributed by atoms with E-state index in [-0.39, 0.29) is 28.3 Å². The number of nitrogens with zero attached hydrogens (tertiary/aromatic N) is 2. The molecule has 1 amide bonds. The van der Waals surface area contributed by atoms with E-state index < -0.39 is 10.8 Å². The van der Waals surface area contributed by atoms with Gasteiger partial charge >= 0.3 is 0 Å². The Labute approximate surface area is 139 Å². The van der Waals surface area contributed by atoms with Gasteiger partial charge in [0.2, 0.25) is 0 Å². The fraction of sp³-hybridized carbons (Fsp3) is 0.375. The zero-order valence-corrected chi connectivity index (χ0v) is 13.8. The standard InChI is InChI=1S/C16H19N3O5/c1-4-5-6-18-16(20)12(10-17)7-11-8-14(23-2)15(24-3)9-13(11)19(21)22/h7-9H,4-6H2,1-3H3,(H,18,20). The molecule has 0 unspecified atom stereocenters. The van der Waals surface area contributed by atoms with Crippen LogP contribution in [0.15, 0.2) is 17.7 Å². The molecule has 1 rings (SSSR count). The average Bonchev–Trinajstić information content (AvgIpc) is 2.58. The fourth-order valence-electron chi connectivity index (χ4n) is 1.94. The van der Waals surface area contributed by atoms with Gasteiger partial charge in [-0.1, -0.05) is 13.3 Å². The van der Waals surface area contributed by atoms with E-state index in [0.717, 1.165) is 12.8 Å². The van der Waals surface area contributed by atoms with Crippen LogP contribution in [0.5, 0.6) is 11.5 Å². The first-order chi connectivity index (χ1) is 11.5. The number of unbranched alkanes of at least 4 members (excludes halogenated alkanes) is 1. The Hall–Kier alpha value is -3.08. The van der Waals surface area contributed by atoms with Gasteiger partial charge < -0.3 is 14.8 Å². The summed E-state index contributed by atoms with van der Waals surface area (Å²) >= 11 is 0. The Balaban J connectivity index is 3.29. The molecule has 0 radical (unpaired) electrons. The lowest BCUT2D eigenvalue weighted by molar-refractivity contribution is -0.385. The normalized spacial score (nSPS) is 10.7. The van der Waals surface area contributed by atoms with Crippen molar-refractivity contribution < 1.29 is 19.2 Å². The van der Waals surface area contributed by atoms with Crippen molar-refractivity contribution in [2.24, 2.45) is 0 Å². The number of hydrogen-bond donors (Lipinski definition) is 1. The molecule has 0 aliphatic rings. The monoisotopic (exact) mass is 333 g/mol. The predicted octanol–water partition coefficient (Wildman–Crippen LogP) is 2.44. The number of methoxy groups -OCH3 is 2. The number of benzene rings is 1. The molecular formula is C16H19N3O5. The van der Waals surface area contributed by atoms with Gasteiger partial charge in [0.1, 0.15) is 11.6 Å². The number of nitro benzene ring substituents is 1. The average molecular weight is 333 g/mol. The van der Waals surface area contributed by atoms with Crippen LogP contribution in [0.25, 0.3) is 6.08 Å². The summed E-state index contributed by atoms with van der Waals surface area (Å²) in [6.45, 7) is 2.41. The molecular weight excluding hydrogens is 314 g/mol. The maximum Gasteiger partial charge on any atom is 0.280 e. The summed E-state index contributed by atoms with van der Waals surface area (Å²) in [6.07, 6.45) is 2.84. The fourth-order valence-corrected chi connectivity index (χ4v) is 1.94. The van der Waals surface area contributed by atoms with Crippen LogP contribution in [0.3, 0.4) is 0 Å². The van der Waals surface area contributed by atoms with Crippen molar-refractivity contribution in [3.8, 4) is 17.6 Å². The molecule has 0 aliphatic carbocycles. The highest BCUT2D eigenvalue weighted by Gasteiger charge is 2.20. The summed E-state index contributed by atoms with van der Waals surface area (Å²) < 4.78 is 10.1. The molecule has 8 heteroatoms. The van der Waals surface area contributed by atoms with E-state index in [1.807, 2.05) is 6.92 Å². The van der Waals surface area contributed by atoms with Crippen LogP contribution in [0.2, 0.25) is 0 Å². The largest absolute Gasteiger partial charge is 0.493 e. The number of amides is 1. The Morgan fingerprint density at radius 3 is 2.50 bits per heavy atom. The van der Waals surface area contributed by atoms with Crippen LogP contribution < -0.4 is 14.8 Å². The lowest BCUT2D eigenvalue weighted by Crippen LogP contribution is -2.25. The van der Waals surface area contributed by atoms with E-state index in [9.17, 15) is 14.9 Å². The molecule has 0 fully saturated rings. The minimum Gasteiger partial charge on any atom is -0.493 e. The van der Waals surface area contributed by atoms with Crippen molar-refractivity contribution in [1.29, 1.82) is 5.26 Å². The van der Waals surface area contributed by atoms with E-state index in [1.54, 1.807) is 6.07 Å². The van der Waals surface area contributed by atoms with Crippen LogP contribution >= 0.6 is 0 Å². The topological polar surface area (TPSA) is 114 Å². The first-order valence-electron chi connectivity index (χ1n) is 7.28. The van der Waals surface area contributed by atoms with Gasteiger partial charge in [-0.2, -0.15) is 5.26 Å². The van der Waals surface area contributed by atoms with Gasteiger partial charge in [0, 0.05) is 6.54 Å². The minimum absolute atomic E-state index is 0.0832. The summed E-state index contributed by atoms with van der Waals surface area (Å²) in [6, 6.07) is 4.31. The van der Waals surface area contributed by atoms with Gasteiger partial charge in [-0.05, 0) is 18.6 Å². The van der Waals surface area contributed by atoms with Crippen LogP contribution in [-0.4, -0.2) is 31.6 Å². The number of nitrogens with one attached hydrogen (secondary N) is 1. The number of carbonyl (C=O) groups is 1. The van der Waals surface area contributed by atoms with Gasteiger partial charge in [-0.15, -0.1) is 0 Å². The van der Waals surface area contributed by atoms with E-state index in [1.165, 1.54) is 32.4 Å². The van der Waals surface area contributed by atoms with Crippen molar-refractivity contribution in [3.63, 3.8) is 0 Å². The third-order valence-corrected chi connectivity index (χ3v) is 3.21. The third kappa shape index (κ3) is 4.71. The summed E-state index contributed by atoms with van der Waals surface area (Å²) in [4.78, 5) is 22.6. The van der Waals surface area contributed by atoms with Gasteiger partial charge in [0.25, 0.3) is 11.6 Å². The highest BCUT2D eigenvalue weighted by Crippen LogP contribution is 2.35. The lowest BCUT2D eigenvalue weighted by Gasteiger charge is -2.09. The van der Waals surface area contributed by atoms with E-state index in [0.29, 0.717) is 6.54 Å². The highest BCUT2D eigenvalue weighted by atomic mass is 16.6. The number of rotatable bonds is 8. The Morgan fingerprint density at radius 1 is 1.38 bits per heavy atom. The first kappa shape index (κ1) is 19.0. The van der Waals surface area contributed by atoms with Gasteiger partial charge in [0.05, 0.1) is 30.8 Å². The third-order valence-electron chi connectivity index (χ3n) is 3.21. The number of carbonyl (C=O) groups excluding carboxylic acids is 1. The number of nitro groups is 1. The van der Waals surface area contributed by atoms with Crippen molar-refractivity contribution in [3.05, 3.63) is 33.4 Å². The smallest absolute Gasteiger partial charge is 0.280 e. The maximum atomic E-state index is 12.0. The highest BCUT2D eigenvalue weighted by molar-refractivity contribution is 6.02. The zero-order chi connectivity index (χ0) is 18.1. The van der Waals surface area contributed by atoms with Gasteiger partial charge in [-0.25, -0.2) is 0 Å². The first-order valence-corrected chi connectivity index (χ1v) is 7.28. The zero-order valence-electron chi connectivity index (χ0n) is 13.8. The molecule has 0 saturated carbocycles. The Morgan fingerprint density at radius 2 is 2.00 bits per heavy atom. The minimum atomic E-state index is -0.613. The van der Waals surface area contributed by atoms with Crippen molar-refractivity contribution in [2.75, 3.05) is 20.8 Å². The maximum absolute atomic E-state index is 12.0. The van der Waals surface area contributed by atoms with Crippen LogP contribution in [0.4, 0.5) is 5.69 Å². The van der Waals surface area contributed by atoms with Crippen LogP contribution in [-0.2, 0) is 4.79 Å². The Bertz CT molecular complexity index is 692. The van der Waals surface area contributed by atoms with Crippen molar-refractivity contribution >= 4 is 17.7 Å². The van der Waals surface area contributed by atoms with Crippen LogP contribution in [0.1, 0.15) is 25.3 Å². The second-order valence-corrected chi connectivity index (χ2v) is 4.80. The molecule has 0 aromatic heterocycles. The summed E-state index contributed by atoms with van der Waals surface area (Å²) in [5.41, 5.74) is -0.428. The molecule has 128 valence electrons.